The van der Waals surface area contributed by atoms with Crippen LogP contribution in [-0.4, -0.2) is 44.2 Å². The molecule has 3 N–H and O–H groups in total. The van der Waals surface area contributed by atoms with Gasteiger partial charge in [-0.05, 0) is 42.7 Å². The molecule has 1 amide bonds. The van der Waals surface area contributed by atoms with E-state index >= 15 is 0 Å². The van der Waals surface area contributed by atoms with Gasteiger partial charge in [0.15, 0.2) is 5.82 Å². The Hall–Kier alpha value is -3.19. The predicted molar refractivity (Wildman–Crippen MR) is 109 cm³/mol. The molecule has 0 bridgehead atoms. The monoisotopic (exact) mass is 374 g/mol. The Morgan fingerprint density at radius 1 is 1.11 bits per heavy atom. The van der Waals surface area contributed by atoms with Crippen LogP contribution in [0.15, 0.2) is 36.4 Å². The molecule has 7 heteroatoms. The van der Waals surface area contributed by atoms with Crippen LogP contribution in [0.25, 0.3) is 33.3 Å². The van der Waals surface area contributed by atoms with E-state index in [1.807, 2.05) is 24.1 Å². The molecule has 1 aliphatic heterocycles. The maximum absolute atomic E-state index is 12.9. The fourth-order valence-electron chi connectivity index (χ4n) is 3.89. The Morgan fingerprint density at radius 3 is 2.64 bits per heavy atom. The number of nitrogens with zero attached hydrogens (tertiary/aromatic N) is 3. The molecular formula is C21H22N6O. The van der Waals surface area contributed by atoms with E-state index in [4.69, 9.17) is 4.98 Å². The Morgan fingerprint density at radius 2 is 1.86 bits per heavy atom. The van der Waals surface area contributed by atoms with Gasteiger partial charge in [0.1, 0.15) is 5.69 Å². The number of hydrogen-bond donors (Lipinski definition) is 3. The van der Waals surface area contributed by atoms with E-state index in [2.05, 4.69) is 44.9 Å². The van der Waals surface area contributed by atoms with E-state index in [0.29, 0.717) is 17.1 Å². The number of aryl methyl sites for hydroxylation is 1. The maximum Gasteiger partial charge on any atom is 0.269 e. The zero-order valence-electron chi connectivity index (χ0n) is 15.7. The summed E-state index contributed by atoms with van der Waals surface area (Å²) in [6, 6.07) is 12.3. The highest BCUT2D eigenvalue weighted by Crippen LogP contribution is 2.27. The van der Waals surface area contributed by atoms with Crippen molar-refractivity contribution < 1.29 is 4.79 Å². The van der Waals surface area contributed by atoms with Crippen molar-refractivity contribution in [2.24, 2.45) is 0 Å². The number of hydrazine groups is 1. The fraction of sp³-hybridized carbons (Fsp3) is 0.286. The number of H-pyrrole nitrogens is 2. The number of carbonyl (C=O) groups is 1. The van der Waals surface area contributed by atoms with Gasteiger partial charge in [-0.2, -0.15) is 5.10 Å². The van der Waals surface area contributed by atoms with Gasteiger partial charge in [-0.25, -0.2) is 9.99 Å². The molecule has 0 unspecified atom stereocenters. The molecule has 5 rings (SSSR count). The minimum atomic E-state index is -0.145. The van der Waals surface area contributed by atoms with Crippen molar-refractivity contribution in [2.45, 2.75) is 26.2 Å². The first kappa shape index (κ1) is 16.9. The summed E-state index contributed by atoms with van der Waals surface area (Å²) in [6.07, 6.45) is 3.43. The number of hydrogen-bond acceptors (Lipinski definition) is 4. The Balaban J connectivity index is 1.52. The van der Waals surface area contributed by atoms with Crippen molar-refractivity contribution >= 4 is 27.7 Å². The summed E-state index contributed by atoms with van der Waals surface area (Å²) in [6.45, 7) is 3.63. The summed E-state index contributed by atoms with van der Waals surface area (Å²) < 4.78 is 0. The molecular weight excluding hydrogens is 352 g/mol. The van der Waals surface area contributed by atoms with Crippen LogP contribution in [-0.2, 0) is 0 Å². The molecule has 3 heterocycles. The van der Waals surface area contributed by atoms with Gasteiger partial charge in [0.2, 0.25) is 0 Å². The lowest BCUT2D eigenvalue weighted by Crippen LogP contribution is -2.45. The van der Waals surface area contributed by atoms with Crippen molar-refractivity contribution in [2.75, 3.05) is 13.1 Å². The summed E-state index contributed by atoms with van der Waals surface area (Å²) in [4.78, 5) is 21.0. The summed E-state index contributed by atoms with van der Waals surface area (Å²) in [5.41, 5.74) is 6.63. The van der Waals surface area contributed by atoms with E-state index in [9.17, 15) is 4.79 Å². The van der Waals surface area contributed by atoms with E-state index in [1.165, 1.54) is 6.42 Å². The molecule has 1 aliphatic rings. The topological polar surface area (TPSA) is 89.7 Å². The van der Waals surface area contributed by atoms with Gasteiger partial charge in [-0.15, -0.1) is 0 Å². The Kier molecular flexibility index (Phi) is 4.09. The average Bonchev–Trinajstić information content (AvgIpc) is 3.29. The molecule has 0 radical (unpaired) electrons. The van der Waals surface area contributed by atoms with Crippen molar-refractivity contribution in [3.05, 3.63) is 47.7 Å². The summed E-state index contributed by atoms with van der Waals surface area (Å²) in [5, 5.41) is 11.6. The Labute approximate surface area is 162 Å². The molecule has 0 atom stereocenters. The molecule has 4 aromatic rings. The van der Waals surface area contributed by atoms with Crippen molar-refractivity contribution in [3.63, 3.8) is 0 Å². The second-order valence-electron chi connectivity index (χ2n) is 7.36. The van der Waals surface area contributed by atoms with E-state index < -0.39 is 0 Å². The standard InChI is InChI=1S/C21H22N6O/c1-13-18(21(28)26-27-9-5-2-6-10-27)19(25-24-13)20-22-16-11-14-7-3-4-8-15(14)12-17(16)23-20/h3-4,7-8,11-12H,2,5-6,9-10H2,1H3,(H,22,23)(H,24,25)(H,26,28). The minimum absolute atomic E-state index is 0.145. The number of fused-ring (bicyclic) bond motifs is 2. The van der Waals surface area contributed by atoms with Crippen LogP contribution in [0.2, 0.25) is 0 Å². The quantitative estimate of drug-likeness (QED) is 0.512. The van der Waals surface area contributed by atoms with Crippen LogP contribution in [0, 0.1) is 6.92 Å². The number of piperidine rings is 1. The zero-order valence-corrected chi connectivity index (χ0v) is 15.7. The summed E-state index contributed by atoms with van der Waals surface area (Å²) in [7, 11) is 0. The number of amides is 1. The number of benzene rings is 2. The van der Waals surface area contributed by atoms with Gasteiger partial charge in [-0.1, -0.05) is 30.7 Å². The third-order valence-corrected chi connectivity index (χ3v) is 5.36. The predicted octanol–water partition coefficient (Wildman–Crippen LogP) is 3.55. The molecule has 28 heavy (non-hydrogen) atoms. The highest BCUT2D eigenvalue weighted by atomic mass is 16.2. The molecule has 0 spiro atoms. The molecule has 1 fully saturated rings. The molecule has 0 saturated carbocycles. The van der Waals surface area contributed by atoms with Crippen LogP contribution in [0.4, 0.5) is 0 Å². The molecule has 2 aromatic heterocycles. The third-order valence-electron chi connectivity index (χ3n) is 5.36. The smallest absolute Gasteiger partial charge is 0.269 e. The second-order valence-corrected chi connectivity index (χ2v) is 7.36. The fourth-order valence-corrected chi connectivity index (χ4v) is 3.89. The maximum atomic E-state index is 12.9. The lowest BCUT2D eigenvalue weighted by atomic mass is 10.1. The molecule has 7 nitrogen and oxygen atoms in total. The van der Waals surface area contributed by atoms with Crippen molar-refractivity contribution in [1.29, 1.82) is 0 Å². The van der Waals surface area contributed by atoms with Crippen LogP contribution in [0.1, 0.15) is 35.3 Å². The summed E-state index contributed by atoms with van der Waals surface area (Å²) >= 11 is 0. The van der Waals surface area contributed by atoms with Gasteiger partial charge in [0, 0.05) is 18.8 Å². The molecule has 1 saturated heterocycles. The number of aromatic nitrogens is 4. The summed E-state index contributed by atoms with van der Waals surface area (Å²) in [5.74, 6) is 0.451. The Bertz CT molecular complexity index is 1120. The largest absolute Gasteiger partial charge is 0.337 e. The van der Waals surface area contributed by atoms with Gasteiger partial charge in [0.05, 0.1) is 16.6 Å². The molecule has 2 aromatic carbocycles. The SMILES string of the molecule is Cc1[nH]nc(-c2nc3cc4ccccc4cc3[nH]2)c1C(=O)NN1CCCCC1. The molecule has 0 aliphatic carbocycles. The minimum Gasteiger partial charge on any atom is -0.337 e. The normalized spacial score (nSPS) is 15.3. The number of rotatable bonds is 3. The first-order valence-electron chi connectivity index (χ1n) is 9.69. The van der Waals surface area contributed by atoms with Crippen molar-refractivity contribution in [1.82, 2.24) is 30.6 Å². The number of nitrogens with one attached hydrogen (secondary N) is 3. The lowest BCUT2D eigenvalue weighted by Gasteiger charge is -2.26. The van der Waals surface area contributed by atoms with Crippen molar-refractivity contribution in [3.8, 4) is 11.5 Å². The van der Waals surface area contributed by atoms with Gasteiger partial charge in [-0.3, -0.25) is 15.3 Å². The molecule has 142 valence electrons. The van der Waals surface area contributed by atoms with Gasteiger partial charge < -0.3 is 4.98 Å². The van der Waals surface area contributed by atoms with Crippen LogP contribution < -0.4 is 5.43 Å². The first-order valence-corrected chi connectivity index (χ1v) is 9.69. The highest BCUT2D eigenvalue weighted by molar-refractivity contribution is 6.01. The lowest BCUT2D eigenvalue weighted by molar-refractivity contribution is 0.0750. The average molecular weight is 374 g/mol. The third kappa shape index (κ3) is 2.93. The number of carbonyl (C=O) groups excluding carboxylic acids is 1. The van der Waals surface area contributed by atoms with Crippen LogP contribution in [0.5, 0.6) is 0 Å². The van der Waals surface area contributed by atoms with E-state index in [1.54, 1.807) is 0 Å². The van der Waals surface area contributed by atoms with E-state index in [-0.39, 0.29) is 5.91 Å². The zero-order chi connectivity index (χ0) is 19.1. The van der Waals surface area contributed by atoms with Crippen LogP contribution in [0.3, 0.4) is 0 Å². The second kappa shape index (κ2) is 6.76. The highest BCUT2D eigenvalue weighted by Gasteiger charge is 2.24. The van der Waals surface area contributed by atoms with Gasteiger partial charge in [0.25, 0.3) is 5.91 Å². The van der Waals surface area contributed by atoms with Gasteiger partial charge >= 0.3 is 0 Å². The van der Waals surface area contributed by atoms with E-state index in [0.717, 1.165) is 53.4 Å². The first-order chi connectivity index (χ1) is 13.7. The van der Waals surface area contributed by atoms with Crippen LogP contribution >= 0.6 is 0 Å². The number of aromatic amines is 2. The number of imidazole rings is 1.